The minimum atomic E-state index is -0.132. The van der Waals surface area contributed by atoms with Gasteiger partial charge < -0.3 is 14.7 Å². The summed E-state index contributed by atoms with van der Waals surface area (Å²) in [6.07, 6.45) is 1.90. The Hall–Kier alpha value is -7.89. The minimum Gasteiger partial charge on any atom is -0.321 e. The van der Waals surface area contributed by atoms with Gasteiger partial charge >= 0.3 is 0 Å². The zero-order chi connectivity index (χ0) is 45.9. The van der Waals surface area contributed by atoms with E-state index in [1.807, 2.05) is 12.3 Å². The van der Waals surface area contributed by atoms with E-state index in [4.69, 9.17) is 4.98 Å². The van der Waals surface area contributed by atoms with E-state index in [2.05, 4.69) is 261 Å². The molecule has 9 aromatic rings. The van der Waals surface area contributed by atoms with Crippen molar-refractivity contribution in [3.63, 3.8) is 0 Å². The highest BCUT2D eigenvalue weighted by atomic mass is 15.4. The van der Waals surface area contributed by atoms with Crippen molar-refractivity contribution in [2.75, 3.05) is 26.3 Å². The maximum atomic E-state index is 5.08. The monoisotopic (exact) mass is 869 g/mol. The number of pyridine rings is 1. The zero-order valence-electron chi connectivity index (χ0n) is 39.2. The Morgan fingerprint density at radius 1 is 0.388 bits per heavy atom. The maximum absolute atomic E-state index is 5.08. The molecule has 8 aromatic carbocycles. The van der Waals surface area contributed by atoms with Crippen molar-refractivity contribution in [2.24, 2.45) is 0 Å². The summed E-state index contributed by atoms with van der Waals surface area (Å²) >= 11 is 0. The first-order valence-electron chi connectivity index (χ1n) is 23.4. The molecule has 67 heavy (non-hydrogen) atoms. The quantitative estimate of drug-likeness (QED) is 0.159. The molecule has 0 spiro atoms. The number of fused-ring (bicyclic) bond motifs is 6. The molecule has 328 valence electrons. The molecule has 5 nitrogen and oxygen atoms in total. The van der Waals surface area contributed by atoms with Crippen LogP contribution in [0.15, 0.2) is 212 Å². The van der Waals surface area contributed by atoms with Crippen LogP contribution in [0.25, 0.3) is 33.4 Å². The van der Waals surface area contributed by atoms with E-state index in [0.29, 0.717) is 6.67 Å². The third kappa shape index (κ3) is 7.70. The number of rotatable bonds is 7. The molecular formula is C62H55N5. The van der Waals surface area contributed by atoms with Gasteiger partial charge in [0.15, 0.2) is 0 Å². The average molecular weight is 870 g/mol. The standard InChI is InChI=1S/C62H55N5/c1-61(2,3)45-31-28-43(29-32-45)44-30-34-54-52-23-13-14-24-53(52)55-35-33-49(41-59(55)67(58(54)37-44)60-27-17-18-36-63-60)66(48-21-11-8-12-22-48)51-39-46(62(4,5)6)38-50(40-51)65-42-64(47-19-9-7-10-20-47)56-25-15-16-26-57(56)65/h7-41H,42H2,1-6H3. The van der Waals surface area contributed by atoms with Crippen molar-refractivity contribution in [1.29, 1.82) is 0 Å². The molecule has 5 heteroatoms. The van der Waals surface area contributed by atoms with E-state index in [9.17, 15) is 0 Å². The lowest BCUT2D eigenvalue weighted by molar-refractivity contribution is 0.590. The van der Waals surface area contributed by atoms with Crippen LogP contribution < -0.4 is 19.6 Å². The summed E-state index contributed by atoms with van der Waals surface area (Å²) in [4.78, 5) is 14.8. The second-order valence-corrected chi connectivity index (χ2v) is 19.8. The summed E-state index contributed by atoms with van der Waals surface area (Å²) in [5.41, 5.74) is 19.6. The Balaban J connectivity index is 1.11. The highest BCUT2D eigenvalue weighted by Gasteiger charge is 2.32. The molecule has 0 aliphatic carbocycles. The SMILES string of the molecule is CC(C)(C)c1ccc(-c2ccc3c(c2)N(c2ccccn2)c2cc(N(c4ccccc4)c4cc(N5CN(c6ccccc6)c6ccccc65)cc(C(C)(C)C)c4)ccc2-c2ccccc2-3)cc1. The highest BCUT2D eigenvalue weighted by Crippen LogP contribution is 2.54. The molecule has 2 aliphatic heterocycles. The van der Waals surface area contributed by atoms with Crippen molar-refractivity contribution >= 4 is 57.0 Å². The molecule has 0 fully saturated rings. The van der Waals surface area contributed by atoms with E-state index < -0.39 is 0 Å². The number of anilines is 10. The molecule has 0 unspecified atom stereocenters. The van der Waals surface area contributed by atoms with Gasteiger partial charge in [0, 0.05) is 45.8 Å². The lowest BCUT2D eigenvalue weighted by atomic mass is 9.86. The summed E-state index contributed by atoms with van der Waals surface area (Å²) in [6, 6.07) is 75.5. The predicted octanol–water partition coefficient (Wildman–Crippen LogP) is 17.2. The van der Waals surface area contributed by atoms with Gasteiger partial charge in [0.2, 0.25) is 0 Å². The molecule has 1 aromatic heterocycles. The summed E-state index contributed by atoms with van der Waals surface area (Å²) in [5.74, 6) is 0.856. The number of benzene rings is 8. The van der Waals surface area contributed by atoms with Gasteiger partial charge in [-0.2, -0.15) is 0 Å². The van der Waals surface area contributed by atoms with E-state index in [-0.39, 0.29) is 10.8 Å². The van der Waals surface area contributed by atoms with Gasteiger partial charge in [-0.25, -0.2) is 4.98 Å². The summed E-state index contributed by atoms with van der Waals surface area (Å²) < 4.78 is 0. The molecule has 0 bridgehead atoms. The van der Waals surface area contributed by atoms with E-state index in [1.54, 1.807) is 0 Å². The molecule has 0 N–H and O–H groups in total. The fourth-order valence-corrected chi connectivity index (χ4v) is 9.78. The van der Waals surface area contributed by atoms with E-state index >= 15 is 0 Å². The Bertz CT molecular complexity index is 3240. The third-order valence-corrected chi connectivity index (χ3v) is 13.4. The first kappa shape index (κ1) is 41.8. The topological polar surface area (TPSA) is 25.9 Å². The highest BCUT2D eigenvalue weighted by molar-refractivity contribution is 6.04. The molecule has 2 aliphatic rings. The van der Waals surface area contributed by atoms with Crippen LogP contribution in [0, 0.1) is 0 Å². The molecule has 0 saturated carbocycles. The average Bonchev–Trinajstić information content (AvgIpc) is 3.69. The second kappa shape index (κ2) is 16.5. The van der Waals surface area contributed by atoms with Crippen molar-refractivity contribution < 1.29 is 0 Å². The lowest BCUT2D eigenvalue weighted by Gasteiger charge is -2.32. The number of nitrogens with zero attached hydrogens (tertiary/aromatic N) is 5. The van der Waals surface area contributed by atoms with Gasteiger partial charge in [-0.1, -0.05) is 163 Å². The largest absolute Gasteiger partial charge is 0.321 e. The zero-order valence-corrected chi connectivity index (χ0v) is 39.2. The van der Waals surface area contributed by atoms with Gasteiger partial charge in [-0.15, -0.1) is 0 Å². The van der Waals surface area contributed by atoms with Gasteiger partial charge in [0.1, 0.15) is 12.5 Å². The van der Waals surface area contributed by atoms with Gasteiger partial charge in [-0.05, 0) is 129 Å². The van der Waals surface area contributed by atoms with Gasteiger partial charge in [0.25, 0.3) is 0 Å². The predicted molar refractivity (Wildman–Crippen MR) is 283 cm³/mol. The smallest absolute Gasteiger partial charge is 0.137 e. The fourth-order valence-electron chi connectivity index (χ4n) is 9.78. The number of aromatic nitrogens is 1. The van der Waals surface area contributed by atoms with E-state index in [1.165, 1.54) is 44.9 Å². The molecule has 0 atom stereocenters. The Kier molecular flexibility index (Phi) is 10.3. The Morgan fingerprint density at radius 3 is 1.60 bits per heavy atom. The van der Waals surface area contributed by atoms with Crippen molar-refractivity contribution in [2.45, 2.75) is 52.4 Å². The van der Waals surface area contributed by atoms with Crippen molar-refractivity contribution in [1.82, 2.24) is 4.98 Å². The van der Waals surface area contributed by atoms with Crippen LogP contribution in [-0.4, -0.2) is 11.7 Å². The number of para-hydroxylation sites is 4. The van der Waals surface area contributed by atoms with Crippen molar-refractivity contribution in [3.05, 3.63) is 224 Å². The Labute approximate surface area is 395 Å². The number of hydrogen-bond acceptors (Lipinski definition) is 5. The maximum Gasteiger partial charge on any atom is 0.137 e. The molecule has 0 saturated heterocycles. The van der Waals surface area contributed by atoms with Crippen LogP contribution in [0.3, 0.4) is 0 Å². The van der Waals surface area contributed by atoms with Gasteiger partial charge in [0.05, 0.1) is 22.7 Å². The molecule has 0 radical (unpaired) electrons. The first-order valence-corrected chi connectivity index (χ1v) is 23.4. The summed E-state index contributed by atoms with van der Waals surface area (Å²) in [6.45, 7) is 14.4. The summed E-state index contributed by atoms with van der Waals surface area (Å²) in [7, 11) is 0. The third-order valence-electron chi connectivity index (χ3n) is 13.4. The van der Waals surface area contributed by atoms with Crippen LogP contribution >= 0.6 is 0 Å². The lowest BCUT2D eigenvalue weighted by Crippen LogP contribution is -2.25. The van der Waals surface area contributed by atoms with Crippen LogP contribution in [-0.2, 0) is 10.8 Å². The Morgan fingerprint density at radius 2 is 0.955 bits per heavy atom. The second-order valence-electron chi connectivity index (χ2n) is 19.8. The normalized spacial score (nSPS) is 13.1. The molecule has 11 rings (SSSR count). The van der Waals surface area contributed by atoms with Crippen molar-refractivity contribution in [3.8, 4) is 33.4 Å². The summed E-state index contributed by atoms with van der Waals surface area (Å²) in [5, 5.41) is 0. The van der Waals surface area contributed by atoms with Crippen LogP contribution in [0.5, 0.6) is 0 Å². The molecule has 0 amide bonds. The first-order chi connectivity index (χ1) is 32.5. The van der Waals surface area contributed by atoms with Crippen LogP contribution in [0.2, 0.25) is 0 Å². The fraction of sp³-hybridized carbons (Fsp3) is 0.145. The minimum absolute atomic E-state index is 0.0691. The van der Waals surface area contributed by atoms with Crippen LogP contribution in [0.1, 0.15) is 52.7 Å². The number of hydrogen-bond donors (Lipinski definition) is 0. The van der Waals surface area contributed by atoms with Gasteiger partial charge in [-0.3, -0.25) is 4.90 Å². The molecule has 3 heterocycles. The van der Waals surface area contributed by atoms with Crippen LogP contribution in [0.4, 0.5) is 57.0 Å². The molecular weight excluding hydrogens is 815 g/mol. The van der Waals surface area contributed by atoms with E-state index in [0.717, 1.165) is 56.6 Å².